The van der Waals surface area contributed by atoms with Crippen molar-refractivity contribution >= 4 is 24.9 Å². The van der Waals surface area contributed by atoms with Gasteiger partial charge >= 0.3 is 29.6 Å². The van der Waals surface area contributed by atoms with E-state index in [1.165, 1.54) is 23.3 Å². The summed E-state index contributed by atoms with van der Waals surface area (Å²) in [6.07, 6.45) is -0.619. The van der Waals surface area contributed by atoms with Gasteiger partial charge < -0.3 is 30.1 Å². The standard InChI is InChI=1S/C13H16N7O7P.Na/c14-13-17-10-7(11(23)18-13)16-5-20(10)12-9(22)8(21)6(27-12)3-26-28(24,25)19-2-1-15-4-19;/h1-2,4-6,8-9,12,21-22H,3H2,(H,24,25)(H3,14,17,18,23);/q;+1/p-1/t6-,8+,9?,12-;/m1./s1. The number of aliphatic hydroxyl groups is 2. The summed E-state index contributed by atoms with van der Waals surface area (Å²) < 4.78 is 24.5. The van der Waals surface area contributed by atoms with Crippen molar-refractivity contribution in [3.05, 3.63) is 35.4 Å². The van der Waals surface area contributed by atoms with Crippen molar-refractivity contribution in [1.82, 2.24) is 28.8 Å². The Labute approximate surface area is 184 Å². The molecule has 0 amide bonds. The number of hydrogen-bond acceptors (Lipinski definition) is 11. The van der Waals surface area contributed by atoms with Crippen LogP contribution in [0.2, 0.25) is 0 Å². The first-order chi connectivity index (χ1) is 13.3. The van der Waals surface area contributed by atoms with Crippen molar-refractivity contribution in [2.24, 2.45) is 0 Å². The quantitative estimate of drug-likeness (QED) is 0.220. The number of rotatable bonds is 5. The molecule has 3 aromatic heterocycles. The van der Waals surface area contributed by atoms with Crippen LogP contribution in [-0.2, 0) is 13.8 Å². The Morgan fingerprint density at radius 3 is 2.83 bits per heavy atom. The van der Waals surface area contributed by atoms with Gasteiger partial charge in [0.2, 0.25) is 13.7 Å². The number of imidazole rings is 2. The number of fused-ring (bicyclic) bond motifs is 1. The van der Waals surface area contributed by atoms with E-state index in [0.29, 0.717) is 0 Å². The molecule has 5 atom stereocenters. The maximum Gasteiger partial charge on any atom is 1.00 e. The Bertz CT molecular complexity index is 1100. The van der Waals surface area contributed by atoms with Gasteiger partial charge in [-0.1, -0.05) is 0 Å². The van der Waals surface area contributed by atoms with Gasteiger partial charge in [-0.25, -0.2) is 9.97 Å². The van der Waals surface area contributed by atoms with E-state index in [-0.39, 0.29) is 46.7 Å². The van der Waals surface area contributed by atoms with E-state index in [1.54, 1.807) is 0 Å². The number of aromatic amines is 1. The molecule has 0 aromatic carbocycles. The number of nitrogens with one attached hydrogen (secondary N) is 1. The molecule has 1 aliphatic heterocycles. The van der Waals surface area contributed by atoms with Crippen LogP contribution in [0.25, 0.3) is 11.2 Å². The molecule has 150 valence electrons. The summed E-state index contributed by atoms with van der Waals surface area (Å²) in [5.41, 5.74) is 4.94. The van der Waals surface area contributed by atoms with Crippen LogP contribution in [-0.4, -0.2) is 64.0 Å². The molecule has 2 unspecified atom stereocenters. The zero-order valence-electron chi connectivity index (χ0n) is 15.0. The first-order valence-electron chi connectivity index (χ1n) is 7.96. The van der Waals surface area contributed by atoms with Crippen LogP contribution in [0.3, 0.4) is 0 Å². The normalized spacial score (nSPS) is 26.3. The first-order valence-corrected chi connectivity index (χ1v) is 9.46. The number of hydrogen-bond donors (Lipinski definition) is 4. The van der Waals surface area contributed by atoms with E-state index in [2.05, 4.69) is 19.9 Å². The number of H-pyrrole nitrogens is 1. The number of nitrogen functional groups attached to an aromatic ring is 1. The molecule has 1 aliphatic rings. The molecule has 4 rings (SSSR count). The molecule has 0 saturated carbocycles. The van der Waals surface area contributed by atoms with E-state index in [9.17, 15) is 24.5 Å². The third kappa shape index (κ3) is 4.03. The number of nitrogens with two attached hydrogens (primary N) is 1. The predicted molar refractivity (Wildman–Crippen MR) is 89.7 cm³/mol. The van der Waals surface area contributed by atoms with E-state index in [0.717, 1.165) is 10.7 Å². The third-order valence-electron chi connectivity index (χ3n) is 4.24. The van der Waals surface area contributed by atoms with Crippen LogP contribution >= 0.6 is 7.75 Å². The number of aliphatic hydroxyl groups excluding tert-OH is 2. The van der Waals surface area contributed by atoms with E-state index in [4.69, 9.17) is 15.0 Å². The molecule has 1 saturated heterocycles. The monoisotopic (exact) mass is 435 g/mol. The predicted octanol–water partition coefficient (Wildman–Crippen LogP) is -5.45. The van der Waals surface area contributed by atoms with Gasteiger partial charge in [-0.3, -0.25) is 23.2 Å². The SMILES string of the molecule is Nc1nc2c(ncn2[C@@H]2O[C@H](COP(=O)([O-])n3ccnc3)[C@H](O)C2O)c(=O)[nH]1.[Na+]. The second-order valence-electron chi connectivity index (χ2n) is 6.03. The molecule has 0 spiro atoms. The minimum Gasteiger partial charge on any atom is -0.761 e. The Balaban J connectivity index is 0.00000240. The van der Waals surface area contributed by atoms with Crippen molar-refractivity contribution in [3.8, 4) is 0 Å². The van der Waals surface area contributed by atoms with Crippen molar-refractivity contribution in [1.29, 1.82) is 0 Å². The van der Waals surface area contributed by atoms with Gasteiger partial charge in [-0.2, -0.15) is 4.98 Å². The second kappa shape index (κ2) is 8.26. The van der Waals surface area contributed by atoms with Crippen LogP contribution < -0.4 is 45.7 Å². The Morgan fingerprint density at radius 2 is 2.14 bits per heavy atom. The van der Waals surface area contributed by atoms with Crippen molar-refractivity contribution < 1.29 is 58.5 Å². The second-order valence-corrected chi connectivity index (χ2v) is 7.69. The average molecular weight is 435 g/mol. The molecule has 29 heavy (non-hydrogen) atoms. The van der Waals surface area contributed by atoms with Gasteiger partial charge in [0.1, 0.15) is 24.6 Å². The number of anilines is 1. The molecule has 5 N–H and O–H groups in total. The summed E-state index contributed by atoms with van der Waals surface area (Å²) in [6.45, 7) is -0.559. The molecule has 0 bridgehead atoms. The van der Waals surface area contributed by atoms with E-state index < -0.39 is 44.5 Å². The summed E-state index contributed by atoms with van der Waals surface area (Å²) >= 11 is 0. The largest absolute Gasteiger partial charge is 1.00 e. The Hall–Kier alpha value is -1.61. The molecule has 16 heteroatoms. The fourth-order valence-electron chi connectivity index (χ4n) is 2.86. The fourth-order valence-corrected chi connectivity index (χ4v) is 3.73. The summed E-state index contributed by atoms with van der Waals surface area (Å²) in [6, 6.07) is 0. The molecule has 0 radical (unpaired) electrons. The topological polar surface area (TPSA) is 206 Å². The van der Waals surface area contributed by atoms with Crippen LogP contribution in [0.15, 0.2) is 29.8 Å². The fraction of sp³-hybridized carbons (Fsp3) is 0.385. The number of aromatic nitrogens is 6. The summed E-state index contributed by atoms with van der Waals surface area (Å²) in [7, 11) is -4.49. The van der Waals surface area contributed by atoms with Crippen molar-refractivity contribution in [3.63, 3.8) is 0 Å². The maximum atomic E-state index is 12.0. The molecular formula is C13H15N7NaO7P. The van der Waals surface area contributed by atoms with Crippen LogP contribution in [0, 0.1) is 0 Å². The van der Waals surface area contributed by atoms with Gasteiger partial charge in [0.05, 0.1) is 12.9 Å². The summed E-state index contributed by atoms with van der Waals surface area (Å²) in [4.78, 5) is 37.7. The van der Waals surface area contributed by atoms with Gasteiger partial charge in [0.25, 0.3) is 5.56 Å². The minimum atomic E-state index is -4.49. The molecule has 4 heterocycles. The van der Waals surface area contributed by atoms with Gasteiger partial charge in [0, 0.05) is 12.4 Å². The smallest absolute Gasteiger partial charge is 0.761 e. The molecular weight excluding hydrogens is 420 g/mol. The van der Waals surface area contributed by atoms with E-state index >= 15 is 0 Å². The molecule has 1 fully saturated rings. The summed E-state index contributed by atoms with van der Waals surface area (Å²) in [5, 5.41) is 20.5. The Kier molecular flexibility index (Phi) is 6.29. The van der Waals surface area contributed by atoms with Crippen molar-refractivity contribution in [2.75, 3.05) is 12.3 Å². The minimum absolute atomic E-state index is 0. The Morgan fingerprint density at radius 1 is 1.38 bits per heavy atom. The van der Waals surface area contributed by atoms with Gasteiger partial charge in [-0.05, 0) is 0 Å². The van der Waals surface area contributed by atoms with E-state index in [1.807, 2.05) is 0 Å². The molecule has 0 aliphatic carbocycles. The summed E-state index contributed by atoms with van der Waals surface area (Å²) in [5.74, 6) is -0.167. The van der Waals surface area contributed by atoms with Crippen LogP contribution in [0.4, 0.5) is 5.95 Å². The van der Waals surface area contributed by atoms with Crippen LogP contribution in [0.5, 0.6) is 0 Å². The van der Waals surface area contributed by atoms with Gasteiger partial charge in [0.15, 0.2) is 17.4 Å². The third-order valence-corrected chi connectivity index (χ3v) is 5.51. The number of ether oxygens (including phenoxy) is 1. The van der Waals surface area contributed by atoms with Crippen LogP contribution in [0.1, 0.15) is 6.23 Å². The van der Waals surface area contributed by atoms with Gasteiger partial charge in [-0.15, -0.1) is 0 Å². The number of nitrogens with zero attached hydrogens (tertiary/aromatic N) is 5. The first kappa shape index (κ1) is 22.1. The molecule has 3 aromatic rings. The van der Waals surface area contributed by atoms with Crippen molar-refractivity contribution in [2.45, 2.75) is 24.5 Å². The average Bonchev–Trinajstić information content (AvgIpc) is 3.35. The zero-order valence-corrected chi connectivity index (χ0v) is 17.9. The maximum absolute atomic E-state index is 12.0. The zero-order chi connectivity index (χ0) is 20.1. The molecule has 14 nitrogen and oxygen atoms in total.